The van der Waals surface area contributed by atoms with Crippen LogP contribution in [0.25, 0.3) is 0 Å². The van der Waals surface area contributed by atoms with Crippen molar-refractivity contribution in [2.45, 2.75) is 13.8 Å². The van der Waals surface area contributed by atoms with E-state index in [0.29, 0.717) is 24.5 Å². The van der Waals surface area contributed by atoms with Crippen molar-refractivity contribution in [2.24, 2.45) is 0 Å². The van der Waals surface area contributed by atoms with E-state index in [2.05, 4.69) is 10.6 Å². The van der Waals surface area contributed by atoms with E-state index in [0.717, 1.165) is 0 Å². The molecular weight excluding hydrogens is 262 g/mol. The number of hydrogen-bond donors (Lipinski definition) is 2. The molecule has 0 fully saturated rings. The number of hydrogen-bond acceptors (Lipinski definition) is 5. The highest BCUT2D eigenvalue weighted by Gasteiger charge is 2.22. The third-order valence-electron chi connectivity index (χ3n) is 2.48. The molecule has 1 rings (SSSR count). The number of anilines is 2. The number of nitriles is 3. The van der Waals surface area contributed by atoms with E-state index >= 15 is 0 Å². The minimum Gasteiger partial charge on any atom is -0.383 e. The van der Waals surface area contributed by atoms with Gasteiger partial charge in [0.1, 0.15) is 23.8 Å². The lowest BCUT2D eigenvalue weighted by atomic mass is 10.0. The molecule has 0 bridgehead atoms. The van der Waals surface area contributed by atoms with E-state index in [9.17, 15) is 15.8 Å². The fourth-order valence-corrected chi connectivity index (χ4v) is 2.02. The fraction of sp³-hybridized carbons (Fsp3) is 0.308. The van der Waals surface area contributed by atoms with E-state index in [-0.39, 0.29) is 21.7 Å². The Kier molecular flexibility index (Phi) is 5.01. The smallest absolute Gasteiger partial charge is 0.104 e. The van der Waals surface area contributed by atoms with Crippen LogP contribution in [0.15, 0.2) is 0 Å². The van der Waals surface area contributed by atoms with E-state index in [1.165, 1.54) is 0 Å². The molecule has 0 radical (unpaired) electrons. The predicted octanol–water partition coefficient (Wildman–Crippen LogP) is 2.82. The van der Waals surface area contributed by atoms with Crippen LogP contribution in [0, 0.1) is 34.0 Å². The second-order valence-electron chi connectivity index (χ2n) is 3.59. The van der Waals surface area contributed by atoms with Crippen LogP contribution in [0.1, 0.15) is 30.5 Å². The zero-order valence-electron chi connectivity index (χ0n) is 10.6. The maximum atomic E-state index is 9.29. The van der Waals surface area contributed by atoms with Gasteiger partial charge in [-0.25, -0.2) is 0 Å². The maximum absolute atomic E-state index is 9.29. The SMILES string of the molecule is CCNc1c(C#N)c(Cl)c(C#N)c(NCC)c1C#N. The summed E-state index contributed by atoms with van der Waals surface area (Å²) in [6.45, 7) is 4.77. The van der Waals surface area contributed by atoms with Crippen LogP contribution in [-0.4, -0.2) is 13.1 Å². The van der Waals surface area contributed by atoms with Crippen LogP contribution in [0.5, 0.6) is 0 Å². The summed E-state index contributed by atoms with van der Waals surface area (Å²) in [5.74, 6) is 0. The van der Waals surface area contributed by atoms with Gasteiger partial charge in [-0.05, 0) is 13.8 Å². The first-order valence-electron chi connectivity index (χ1n) is 5.73. The van der Waals surface area contributed by atoms with Crippen molar-refractivity contribution in [1.29, 1.82) is 15.8 Å². The fourth-order valence-electron chi connectivity index (χ4n) is 1.75. The summed E-state index contributed by atoms with van der Waals surface area (Å²) in [4.78, 5) is 0. The van der Waals surface area contributed by atoms with Gasteiger partial charge in [0.05, 0.1) is 27.5 Å². The van der Waals surface area contributed by atoms with Crippen molar-refractivity contribution in [3.8, 4) is 18.2 Å². The van der Waals surface area contributed by atoms with Crippen molar-refractivity contribution in [2.75, 3.05) is 23.7 Å². The number of nitrogens with one attached hydrogen (secondary N) is 2. The molecule has 0 amide bonds. The Labute approximate surface area is 117 Å². The monoisotopic (exact) mass is 273 g/mol. The first-order chi connectivity index (χ1) is 9.15. The molecule has 1 aromatic carbocycles. The van der Waals surface area contributed by atoms with Gasteiger partial charge in [-0.2, -0.15) is 15.8 Å². The highest BCUT2D eigenvalue weighted by molar-refractivity contribution is 6.34. The van der Waals surface area contributed by atoms with Gasteiger partial charge in [0.2, 0.25) is 0 Å². The molecule has 0 saturated carbocycles. The summed E-state index contributed by atoms with van der Waals surface area (Å²) in [5.41, 5.74) is 1.22. The molecule has 5 nitrogen and oxygen atoms in total. The molecule has 1 aromatic rings. The van der Waals surface area contributed by atoms with Gasteiger partial charge >= 0.3 is 0 Å². The van der Waals surface area contributed by atoms with Gasteiger partial charge in [-0.15, -0.1) is 0 Å². The summed E-state index contributed by atoms with van der Waals surface area (Å²) >= 11 is 6.09. The topological polar surface area (TPSA) is 95.4 Å². The largest absolute Gasteiger partial charge is 0.383 e. The lowest BCUT2D eigenvalue weighted by Gasteiger charge is -2.16. The van der Waals surface area contributed by atoms with E-state index < -0.39 is 0 Å². The highest BCUT2D eigenvalue weighted by Crippen LogP contribution is 2.37. The molecule has 6 heteroatoms. The number of halogens is 1. The Hall–Kier alpha value is -2.42. The Morgan fingerprint density at radius 2 is 1.21 bits per heavy atom. The predicted molar refractivity (Wildman–Crippen MR) is 73.9 cm³/mol. The third kappa shape index (κ3) is 2.55. The van der Waals surface area contributed by atoms with Crippen LogP contribution in [0.4, 0.5) is 11.4 Å². The quantitative estimate of drug-likeness (QED) is 0.879. The zero-order chi connectivity index (χ0) is 14.4. The van der Waals surface area contributed by atoms with Gasteiger partial charge in [-0.3, -0.25) is 0 Å². The second-order valence-corrected chi connectivity index (χ2v) is 3.96. The average Bonchev–Trinajstić information content (AvgIpc) is 2.40. The first-order valence-corrected chi connectivity index (χ1v) is 6.11. The maximum Gasteiger partial charge on any atom is 0.104 e. The highest BCUT2D eigenvalue weighted by atomic mass is 35.5. The molecule has 0 atom stereocenters. The zero-order valence-corrected chi connectivity index (χ0v) is 11.4. The second kappa shape index (κ2) is 6.50. The average molecular weight is 274 g/mol. The third-order valence-corrected chi connectivity index (χ3v) is 2.86. The Morgan fingerprint density at radius 3 is 1.47 bits per heavy atom. The molecule has 0 aliphatic heterocycles. The normalized spacial score (nSPS) is 9.05. The molecule has 0 aliphatic rings. The summed E-state index contributed by atoms with van der Waals surface area (Å²) in [6.07, 6.45) is 0. The minimum absolute atomic E-state index is 0.0656. The number of nitrogens with zero attached hydrogens (tertiary/aromatic N) is 3. The Bertz CT molecular complexity index is 571. The molecule has 0 unspecified atom stereocenters. The number of benzene rings is 1. The van der Waals surface area contributed by atoms with Gasteiger partial charge < -0.3 is 10.6 Å². The van der Waals surface area contributed by atoms with Crippen molar-refractivity contribution in [1.82, 2.24) is 0 Å². The van der Waals surface area contributed by atoms with Gasteiger partial charge in [-0.1, -0.05) is 11.6 Å². The number of rotatable bonds is 4. The molecule has 0 saturated heterocycles. The summed E-state index contributed by atoms with van der Waals surface area (Å²) in [6, 6.07) is 5.91. The minimum atomic E-state index is 0.0656. The van der Waals surface area contributed by atoms with Gasteiger partial charge in [0, 0.05) is 13.1 Å². The van der Waals surface area contributed by atoms with E-state index in [1.807, 2.05) is 32.1 Å². The first kappa shape index (κ1) is 14.6. The van der Waals surface area contributed by atoms with Crippen LogP contribution in [-0.2, 0) is 0 Å². The van der Waals surface area contributed by atoms with Crippen LogP contribution in [0.2, 0.25) is 5.02 Å². The molecule has 96 valence electrons. The Morgan fingerprint density at radius 1 is 0.842 bits per heavy atom. The van der Waals surface area contributed by atoms with Crippen molar-refractivity contribution >= 4 is 23.0 Å². The lowest BCUT2D eigenvalue weighted by molar-refractivity contribution is 1.18. The summed E-state index contributed by atoms with van der Waals surface area (Å²) in [5, 5.41) is 33.6. The van der Waals surface area contributed by atoms with Crippen molar-refractivity contribution < 1.29 is 0 Å². The van der Waals surface area contributed by atoms with Crippen molar-refractivity contribution in [3.63, 3.8) is 0 Å². The molecule has 0 spiro atoms. The molecule has 0 aromatic heterocycles. The standard InChI is InChI=1S/C13H12ClN5/c1-3-18-12-8(5-15)11(14)9(6-16)13(19-4-2)10(12)7-17/h18-19H,3-4H2,1-2H3. The van der Waals surface area contributed by atoms with Crippen LogP contribution >= 0.6 is 11.6 Å². The summed E-state index contributed by atoms with van der Waals surface area (Å²) < 4.78 is 0. The van der Waals surface area contributed by atoms with E-state index in [1.54, 1.807) is 0 Å². The van der Waals surface area contributed by atoms with Gasteiger partial charge in [0.25, 0.3) is 0 Å². The van der Waals surface area contributed by atoms with Crippen molar-refractivity contribution in [3.05, 3.63) is 21.7 Å². The molecular formula is C13H12ClN5. The summed E-state index contributed by atoms with van der Waals surface area (Å²) in [7, 11) is 0. The molecule has 0 heterocycles. The molecule has 0 aliphatic carbocycles. The molecule has 2 N–H and O–H groups in total. The van der Waals surface area contributed by atoms with E-state index in [4.69, 9.17) is 11.6 Å². The Balaban J connectivity index is 3.80. The van der Waals surface area contributed by atoms with Crippen LogP contribution in [0.3, 0.4) is 0 Å². The lowest BCUT2D eigenvalue weighted by Crippen LogP contribution is -2.09. The van der Waals surface area contributed by atoms with Crippen LogP contribution < -0.4 is 10.6 Å². The van der Waals surface area contributed by atoms with Gasteiger partial charge in [0.15, 0.2) is 0 Å². The molecule has 19 heavy (non-hydrogen) atoms.